The minimum atomic E-state index is -0.117. The average molecular weight is 229 g/mol. The van der Waals surface area contributed by atoms with Crippen LogP contribution in [0.1, 0.15) is 39.0 Å². The minimum Gasteiger partial charge on any atom is -0.352 e. The molecule has 4 heteroatoms. The van der Waals surface area contributed by atoms with Crippen LogP contribution in [0.4, 0.5) is 0 Å². The van der Waals surface area contributed by atoms with E-state index in [1.807, 2.05) is 11.8 Å². The molecule has 0 aromatic heterocycles. The van der Waals surface area contributed by atoms with E-state index in [0.29, 0.717) is 5.25 Å². The SMILES string of the molecule is CSC1CCCCC1NC(=O)CC(C)=O. The van der Waals surface area contributed by atoms with Gasteiger partial charge in [0.05, 0.1) is 6.42 Å². The van der Waals surface area contributed by atoms with Crippen LogP contribution in [-0.4, -0.2) is 29.2 Å². The van der Waals surface area contributed by atoms with Gasteiger partial charge >= 0.3 is 0 Å². The van der Waals surface area contributed by atoms with E-state index in [1.165, 1.54) is 26.2 Å². The van der Waals surface area contributed by atoms with E-state index < -0.39 is 0 Å². The Balaban J connectivity index is 2.40. The van der Waals surface area contributed by atoms with Gasteiger partial charge in [0.15, 0.2) is 0 Å². The average Bonchev–Trinajstić information content (AvgIpc) is 2.17. The maximum atomic E-state index is 11.4. The number of amides is 1. The van der Waals surface area contributed by atoms with E-state index in [1.54, 1.807) is 0 Å². The Morgan fingerprint density at radius 1 is 1.33 bits per heavy atom. The van der Waals surface area contributed by atoms with E-state index in [0.717, 1.165) is 6.42 Å². The molecule has 0 spiro atoms. The van der Waals surface area contributed by atoms with Gasteiger partial charge in [0.1, 0.15) is 5.78 Å². The Morgan fingerprint density at radius 3 is 2.60 bits per heavy atom. The lowest BCUT2D eigenvalue weighted by molar-refractivity contribution is -0.127. The van der Waals surface area contributed by atoms with Gasteiger partial charge in [-0.3, -0.25) is 9.59 Å². The second kappa shape index (κ2) is 6.16. The Morgan fingerprint density at radius 2 is 2.00 bits per heavy atom. The molecule has 2 atom stereocenters. The van der Waals surface area contributed by atoms with Gasteiger partial charge in [0.2, 0.25) is 5.91 Å². The molecular formula is C11H19NO2S. The summed E-state index contributed by atoms with van der Waals surface area (Å²) < 4.78 is 0. The summed E-state index contributed by atoms with van der Waals surface area (Å²) in [5.74, 6) is -0.183. The van der Waals surface area contributed by atoms with Crippen LogP contribution < -0.4 is 5.32 Å². The maximum Gasteiger partial charge on any atom is 0.227 e. The smallest absolute Gasteiger partial charge is 0.227 e. The van der Waals surface area contributed by atoms with Crippen molar-refractivity contribution in [1.29, 1.82) is 0 Å². The largest absolute Gasteiger partial charge is 0.352 e. The molecule has 1 fully saturated rings. The molecule has 3 nitrogen and oxygen atoms in total. The summed E-state index contributed by atoms with van der Waals surface area (Å²) in [7, 11) is 0. The minimum absolute atomic E-state index is 0.0254. The predicted octanol–water partition coefficient (Wildman–Crippen LogP) is 1.76. The van der Waals surface area contributed by atoms with Gasteiger partial charge in [-0.25, -0.2) is 0 Å². The number of carbonyl (C=O) groups is 2. The summed E-state index contributed by atoms with van der Waals surface area (Å²) in [6, 6.07) is 0.264. The molecule has 0 saturated heterocycles. The van der Waals surface area contributed by atoms with Crippen LogP contribution in [-0.2, 0) is 9.59 Å². The molecule has 0 aromatic rings. The first-order chi connectivity index (χ1) is 7.13. The molecule has 1 aliphatic carbocycles. The monoisotopic (exact) mass is 229 g/mol. The molecular weight excluding hydrogens is 210 g/mol. The van der Waals surface area contributed by atoms with Crippen molar-refractivity contribution in [3.63, 3.8) is 0 Å². The normalized spacial score (nSPS) is 26.0. The summed E-state index contributed by atoms with van der Waals surface area (Å²) in [6.45, 7) is 1.45. The Hall–Kier alpha value is -0.510. The topological polar surface area (TPSA) is 46.2 Å². The number of Topliss-reactive ketones (excluding diaryl/α,β-unsaturated/α-hetero) is 1. The van der Waals surface area contributed by atoms with Crippen LogP contribution in [0.3, 0.4) is 0 Å². The highest BCUT2D eigenvalue weighted by atomic mass is 32.2. The number of hydrogen-bond acceptors (Lipinski definition) is 3. The van der Waals surface area contributed by atoms with Crippen LogP contribution in [0, 0.1) is 0 Å². The highest BCUT2D eigenvalue weighted by Crippen LogP contribution is 2.27. The quantitative estimate of drug-likeness (QED) is 0.747. The van der Waals surface area contributed by atoms with Gasteiger partial charge in [-0.1, -0.05) is 12.8 Å². The van der Waals surface area contributed by atoms with Gasteiger partial charge < -0.3 is 5.32 Å². The number of nitrogens with one attached hydrogen (secondary N) is 1. The summed E-state index contributed by atoms with van der Waals surface area (Å²) in [6.07, 6.45) is 6.77. The van der Waals surface area contributed by atoms with Gasteiger partial charge in [-0.05, 0) is 26.0 Å². The van der Waals surface area contributed by atoms with E-state index in [9.17, 15) is 9.59 Å². The molecule has 1 N–H and O–H groups in total. The molecule has 15 heavy (non-hydrogen) atoms. The lowest BCUT2D eigenvalue weighted by atomic mass is 9.94. The van der Waals surface area contributed by atoms with Crippen molar-refractivity contribution in [2.75, 3.05) is 6.26 Å². The van der Waals surface area contributed by atoms with Crippen molar-refractivity contribution in [2.24, 2.45) is 0 Å². The van der Waals surface area contributed by atoms with E-state index in [2.05, 4.69) is 11.6 Å². The van der Waals surface area contributed by atoms with Crippen LogP contribution in [0.5, 0.6) is 0 Å². The first kappa shape index (κ1) is 12.6. The maximum absolute atomic E-state index is 11.4. The third kappa shape index (κ3) is 4.24. The second-order valence-electron chi connectivity index (χ2n) is 4.11. The molecule has 0 heterocycles. The standard InChI is InChI=1S/C11H19NO2S/c1-8(13)7-11(14)12-9-5-3-4-6-10(9)15-2/h9-10H,3-7H2,1-2H3,(H,12,14). The summed E-state index contributed by atoms with van der Waals surface area (Å²) >= 11 is 1.82. The van der Waals surface area contributed by atoms with Crippen LogP contribution in [0.25, 0.3) is 0 Å². The first-order valence-electron chi connectivity index (χ1n) is 5.45. The molecule has 0 bridgehead atoms. The van der Waals surface area contributed by atoms with E-state index in [-0.39, 0.29) is 24.2 Å². The first-order valence-corrected chi connectivity index (χ1v) is 6.74. The molecule has 1 aliphatic rings. The molecule has 1 rings (SSSR count). The van der Waals surface area contributed by atoms with Gasteiger partial charge in [0, 0.05) is 11.3 Å². The molecule has 0 aromatic carbocycles. The number of carbonyl (C=O) groups excluding carboxylic acids is 2. The van der Waals surface area contributed by atoms with Crippen LogP contribution in [0.2, 0.25) is 0 Å². The lowest BCUT2D eigenvalue weighted by Crippen LogP contribution is -2.44. The number of rotatable bonds is 4. The van der Waals surface area contributed by atoms with E-state index >= 15 is 0 Å². The number of ketones is 1. The van der Waals surface area contributed by atoms with Crippen LogP contribution >= 0.6 is 11.8 Å². The Bertz CT molecular complexity index is 243. The fourth-order valence-corrected chi connectivity index (χ4v) is 2.96. The zero-order valence-electron chi connectivity index (χ0n) is 9.41. The summed E-state index contributed by atoms with van der Waals surface area (Å²) in [4.78, 5) is 22.2. The molecule has 1 saturated carbocycles. The molecule has 0 radical (unpaired) electrons. The van der Waals surface area contributed by atoms with Crippen molar-refractivity contribution in [3.8, 4) is 0 Å². The van der Waals surface area contributed by atoms with Gasteiger partial charge in [-0.15, -0.1) is 0 Å². The molecule has 1 amide bonds. The van der Waals surface area contributed by atoms with Crippen molar-refractivity contribution < 1.29 is 9.59 Å². The fraction of sp³-hybridized carbons (Fsp3) is 0.818. The number of hydrogen-bond donors (Lipinski definition) is 1. The second-order valence-corrected chi connectivity index (χ2v) is 5.19. The lowest BCUT2D eigenvalue weighted by Gasteiger charge is -2.30. The predicted molar refractivity (Wildman–Crippen MR) is 63.0 cm³/mol. The number of thioether (sulfide) groups is 1. The summed E-state index contributed by atoms with van der Waals surface area (Å²) in [5, 5.41) is 3.49. The van der Waals surface area contributed by atoms with Crippen molar-refractivity contribution in [1.82, 2.24) is 5.32 Å². The van der Waals surface area contributed by atoms with Crippen LogP contribution in [0.15, 0.2) is 0 Å². The van der Waals surface area contributed by atoms with Crippen molar-refractivity contribution >= 4 is 23.5 Å². The Kier molecular flexibility index (Phi) is 5.15. The zero-order valence-corrected chi connectivity index (χ0v) is 10.2. The van der Waals surface area contributed by atoms with Crippen molar-refractivity contribution in [2.45, 2.75) is 50.3 Å². The Labute approximate surface area is 95.4 Å². The molecule has 0 aliphatic heterocycles. The third-order valence-electron chi connectivity index (χ3n) is 2.76. The van der Waals surface area contributed by atoms with Crippen molar-refractivity contribution in [3.05, 3.63) is 0 Å². The molecule has 2 unspecified atom stereocenters. The summed E-state index contributed by atoms with van der Waals surface area (Å²) in [5.41, 5.74) is 0. The third-order valence-corrected chi connectivity index (χ3v) is 3.93. The molecule has 86 valence electrons. The highest BCUT2D eigenvalue weighted by molar-refractivity contribution is 7.99. The van der Waals surface area contributed by atoms with Gasteiger partial charge in [0.25, 0.3) is 0 Å². The zero-order chi connectivity index (χ0) is 11.3. The fourth-order valence-electron chi connectivity index (χ4n) is 2.03. The highest BCUT2D eigenvalue weighted by Gasteiger charge is 2.25. The van der Waals surface area contributed by atoms with Gasteiger partial charge in [-0.2, -0.15) is 11.8 Å². The van der Waals surface area contributed by atoms with E-state index in [4.69, 9.17) is 0 Å².